The number of rotatable bonds is 4. The molecule has 0 saturated carbocycles. The summed E-state index contributed by atoms with van der Waals surface area (Å²) in [6, 6.07) is 0. The molecule has 0 aromatic heterocycles. The van der Waals surface area contributed by atoms with Crippen LogP contribution in [0.25, 0.3) is 0 Å². The van der Waals surface area contributed by atoms with Crippen LogP contribution < -0.4 is 0 Å². The molecule has 0 unspecified atom stereocenters. The average Bonchev–Trinajstić information content (AvgIpc) is 1.95. The first-order valence-corrected chi connectivity index (χ1v) is 4.46. The summed E-state index contributed by atoms with van der Waals surface area (Å²) in [7, 11) is 0. The molecule has 0 aliphatic carbocycles. The molecule has 0 aromatic carbocycles. The Labute approximate surface area is 81.8 Å². The summed E-state index contributed by atoms with van der Waals surface area (Å²) in [5.74, 6) is 0.693. The molecule has 0 amide bonds. The zero-order valence-corrected chi connectivity index (χ0v) is 9.18. The van der Waals surface area contributed by atoms with Crippen molar-refractivity contribution in [1.82, 2.24) is 0 Å². The molecule has 0 N–H and O–H groups in total. The van der Waals surface area contributed by atoms with Crippen LogP contribution in [0.4, 0.5) is 0 Å². The molecule has 0 saturated heterocycles. The highest BCUT2D eigenvalue weighted by Crippen LogP contribution is 2.15. The molecule has 0 aliphatic rings. The summed E-state index contributed by atoms with van der Waals surface area (Å²) in [4.78, 5) is 0. The smallest absolute Gasteiger partial charge is 0.112 e. The van der Waals surface area contributed by atoms with Gasteiger partial charge < -0.3 is 4.74 Å². The van der Waals surface area contributed by atoms with E-state index >= 15 is 0 Å². The molecule has 0 heterocycles. The Hall–Kier alpha value is -0.980. The summed E-state index contributed by atoms with van der Waals surface area (Å²) < 4.78 is 5.43. The molecule has 0 bridgehead atoms. The van der Waals surface area contributed by atoms with Gasteiger partial charge in [-0.1, -0.05) is 45.6 Å². The zero-order chi connectivity index (χ0) is 10.5. The van der Waals surface area contributed by atoms with Crippen LogP contribution in [0.1, 0.15) is 27.7 Å². The molecule has 13 heavy (non-hydrogen) atoms. The topological polar surface area (TPSA) is 9.23 Å². The van der Waals surface area contributed by atoms with Crippen LogP contribution >= 0.6 is 0 Å². The van der Waals surface area contributed by atoms with E-state index in [4.69, 9.17) is 4.74 Å². The van der Waals surface area contributed by atoms with Crippen LogP contribution in [0.2, 0.25) is 0 Å². The molecule has 0 atom stereocenters. The van der Waals surface area contributed by atoms with Crippen molar-refractivity contribution in [2.75, 3.05) is 6.61 Å². The van der Waals surface area contributed by atoms with Crippen LogP contribution in [-0.4, -0.2) is 6.61 Å². The van der Waals surface area contributed by atoms with Crippen molar-refractivity contribution in [3.63, 3.8) is 0 Å². The minimum Gasteiger partial charge on any atom is -0.494 e. The molecule has 0 radical (unpaired) electrons. The Morgan fingerprint density at radius 1 is 1.23 bits per heavy atom. The first-order valence-electron chi connectivity index (χ1n) is 4.46. The Balaban J connectivity index is 3.83. The molecule has 0 aliphatic heterocycles. The first kappa shape index (κ1) is 12.0. The second-order valence-corrected chi connectivity index (χ2v) is 4.50. The van der Waals surface area contributed by atoms with E-state index in [0.717, 1.165) is 5.57 Å². The number of hydrogen-bond acceptors (Lipinski definition) is 1. The Morgan fingerprint density at radius 2 is 1.77 bits per heavy atom. The second kappa shape index (κ2) is 4.90. The second-order valence-electron chi connectivity index (χ2n) is 4.50. The number of hydrogen-bond donors (Lipinski definition) is 0. The fourth-order valence-corrected chi connectivity index (χ4v) is 0.593. The zero-order valence-electron chi connectivity index (χ0n) is 9.18. The van der Waals surface area contributed by atoms with E-state index < -0.39 is 0 Å². The fraction of sp³-hybridized carbons (Fsp3) is 0.500. The third-order valence-corrected chi connectivity index (χ3v) is 1.24. The minimum atomic E-state index is 0.181. The van der Waals surface area contributed by atoms with Crippen LogP contribution in [0.15, 0.2) is 36.6 Å². The van der Waals surface area contributed by atoms with Crippen LogP contribution in [0.3, 0.4) is 0 Å². The monoisotopic (exact) mass is 180 g/mol. The quantitative estimate of drug-likeness (QED) is 0.473. The lowest BCUT2D eigenvalue weighted by Crippen LogP contribution is -2.13. The Morgan fingerprint density at radius 3 is 2.15 bits per heavy atom. The van der Waals surface area contributed by atoms with Gasteiger partial charge in [-0.15, -0.1) is 0 Å². The maximum Gasteiger partial charge on any atom is 0.112 e. The maximum absolute atomic E-state index is 5.43. The van der Waals surface area contributed by atoms with Gasteiger partial charge in [0.15, 0.2) is 0 Å². The largest absolute Gasteiger partial charge is 0.494 e. The highest BCUT2D eigenvalue weighted by Gasteiger charge is 2.10. The van der Waals surface area contributed by atoms with Gasteiger partial charge >= 0.3 is 0 Å². The summed E-state index contributed by atoms with van der Waals surface area (Å²) in [6.45, 7) is 16.5. The third kappa shape index (κ3) is 8.93. The van der Waals surface area contributed by atoms with Crippen LogP contribution in [0.5, 0.6) is 0 Å². The van der Waals surface area contributed by atoms with E-state index in [9.17, 15) is 0 Å². The Bertz CT molecular complexity index is 216. The molecule has 0 fully saturated rings. The molecule has 0 aromatic rings. The normalized spacial score (nSPS) is 11.7. The average molecular weight is 180 g/mol. The van der Waals surface area contributed by atoms with Crippen LogP contribution in [0, 0.1) is 5.41 Å². The SMILES string of the molecule is C=C(C)/C=C\C(=C)OCC(C)(C)C. The van der Waals surface area contributed by atoms with Crippen molar-refractivity contribution in [3.05, 3.63) is 36.6 Å². The van der Waals surface area contributed by atoms with E-state index in [1.807, 2.05) is 19.1 Å². The molecule has 0 spiro atoms. The fourth-order valence-electron chi connectivity index (χ4n) is 0.593. The molecular weight excluding hydrogens is 160 g/mol. The lowest BCUT2D eigenvalue weighted by molar-refractivity contribution is 0.136. The van der Waals surface area contributed by atoms with Crippen molar-refractivity contribution >= 4 is 0 Å². The minimum absolute atomic E-state index is 0.181. The highest BCUT2D eigenvalue weighted by atomic mass is 16.5. The lowest BCUT2D eigenvalue weighted by Gasteiger charge is -2.18. The van der Waals surface area contributed by atoms with Crippen molar-refractivity contribution in [2.45, 2.75) is 27.7 Å². The summed E-state index contributed by atoms with van der Waals surface area (Å²) in [6.07, 6.45) is 3.74. The van der Waals surface area contributed by atoms with Gasteiger partial charge in [-0.25, -0.2) is 0 Å². The van der Waals surface area contributed by atoms with Crippen molar-refractivity contribution in [1.29, 1.82) is 0 Å². The number of allylic oxidation sites excluding steroid dienone is 3. The standard InChI is InChI=1S/C12H20O/c1-10(2)7-8-11(3)13-9-12(4,5)6/h7-8H,1,3,9H2,2,4-6H3/b8-7-. The van der Waals surface area contributed by atoms with Crippen LogP contribution in [-0.2, 0) is 4.74 Å². The van der Waals surface area contributed by atoms with Gasteiger partial charge in [-0.2, -0.15) is 0 Å². The van der Waals surface area contributed by atoms with Gasteiger partial charge in [0.1, 0.15) is 5.76 Å². The summed E-state index contributed by atoms with van der Waals surface area (Å²) in [5, 5.41) is 0. The number of ether oxygens (including phenoxy) is 1. The van der Waals surface area contributed by atoms with E-state index in [0.29, 0.717) is 12.4 Å². The van der Waals surface area contributed by atoms with Gasteiger partial charge in [-0.3, -0.25) is 0 Å². The van der Waals surface area contributed by atoms with E-state index in [1.54, 1.807) is 0 Å². The van der Waals surface area contributed by atoms with Gasteiger partial charge in [0.2, 0.25) is 0 Å². The van der Waals surface area contributed by atoms with E-state index in [2.05, 4.69) is 33.9 Å². The van der Waals surface area contributed by atoms with Gasteiger partial charge in [-0.05, 0) is 18.4 Å². The lowest BCUT2D eigenvalue weighted by atomic mass is 9.99. The molecular formula is C12H20O. The molecule has 1 nitrogen and oxygen atoms in total. The first-order chi connectivity index (χ1) is 5.81. The maximum atomic E-state index is 5.43. The third-order valence-electron chi connectivity index (χ3n) is 1.24. The molecule has 74 valence electrons. The summed E-state index contributed by atoms with van der Waals surface area (Å²) >= 11 is 0. The van der Waals surface area contributed by atoms with Gasteiger partial charge in [0.05, 0.1) is 6.61 Å². The van der Waals surface area contributed by atoms with Gasteiger partial charge in [0, 0.05) is 0 Å². The predicted molar refractivity (Wildman–Crippen MR) is 58.5 cm³/mol. The predicted octanol–water partition coefficient (Wildman–Crippen LogP) is 3.70. The van der Waals surface area contributed by atoms with Crippen molar-refractivity contribution in [3.8, 4) is 0 Å². The van der Waals surface area contributed by atoms with Gasteiger partial charge in [0.25, 0.3) is 0 Å². The van der Waals surface area contributed by atoms with Crippen molar-refractivity contribution < 1.29 is 4.74 Å². The molecule has 1 heteroatoms. The van der Waals surface area contributed by atoms with E-state index in [1.165, 1.54) is 0 Å². The van der Waals surface area contributed by atoms with Crippen molar-refractivity contribution in [2.24, 2.45) is 5.41 Å². The molecule has 0 rings (SSSR count). The van der Waals surface area contributed by atoms with E-state index in [-0.39, 0.29) is 5.41 Å². The Kier molecular flexibility index (Phi) is 4.53. The summed E-state index contributed by atoms with van der Waals surface area (Å²) in [5.41, 5.74) is 1.18. The highest BCUT2D eigenvalue weighted by molar-refractivity contribution is 5.19.